The van der Waals surface area contributed by atoms with E-state index >= 15 is 0 Å². The van der Waals surface area contributed by atoms with Gasteiger partial charge in [-0.3, -0.25) is 0 Å². The zero-order chi connectivity index (χ0) is 13.2. The Kier molecular flexibility index (Phi) is 2.91. The molecule has 0 saturated carbocycles. The molecule has 0 bridgehead atoms. The lowest BCUT2D eigenvalue weighted by Crippen LogP contribution is -2.00. The van der Waals surface area contributed by atoms with E-state index < -0.39 is 0 Å². The van der Waals surface area contributed by atoms with E-state index in [-0.39, 0.29) is 0 Å². The zero-order valence-corrected chi connectivity index (χ0v) is 11.0. The summed E-state index contributed by atoms with van der Waals surface area (Å²) in [5.74, 6) is 1.87. The lowest BCUT2D eigenvalue weighted by Gasteiger charge is -2.04. The fourth-order valence-electron chi connectivity index (χ4n) is 2.19. The van der Waals surface area contributed by atoms with Gasteiger partial charge in [0.25, 0.3) is 0 Å². The molecule has 96 valence electrons. The first-order chi connectivity index (χ1) is 9.28. The Labute approximate surface area is 111 Å². The number of benzene rings is 1. The molecule has 0 unspecified atom stereocenters. The van der Waals surface area contributed by atoms with Crippen LogP contribution in [0.25, 0.3) is 11.2 Å². The molecule has 2 heterocycles. The van der Waals surface area contributed by atoms with Gasteiger partial charge in [0, 0.05) is 19.7 Å². The first-order valence-corrected chi connectivity index (χ1v) is 6.17. The fraction of sp³-hybridized carbons (Fsp3) is 0.200. The lowest BCUT2D eigenvalue weighted by atomic mass is 10.1. The number of ether oxygens (including phenoxy) is 1. The van der Waals surface area contributed by atoms with Crippen molar-refractivity contribution in [2.24, 2.45) is 7.05 Å². The van der Waals surface area contributed by atoms with Crippen molar-refractivity contribution in [1.29, 1.82) is 0 Å². The van der Waals surface area contributed by atoms with Crippen LogP contribution in [-0.2, 0) is 13.5 Å². The minimum Gasteiger partial charge on any atom is -0.497 e. The maximum atomic E-state index is 5.24. The molecule has 0 aliphatic rings. The molecule has 0 amide bonds. The molecule has 0 saturated heterocycles. The Bertz CT molecular complexity index is 718. The Balaban J connectivity index is 1.98. The van der Waals surface area contributed by atoms with Gasteiger partial charge in [-0.2, -0.15) is 0 Å². The van der Waals surface area contributed by atoms with E-state index in [4.69, 9.17) is 4.74 Å². The Morgan fingerprint density at radius 1 is 1.21 bits per heavy atom. The highest BCUT2D eigenvalue weighted by Crippen LogP contribution is 2.18. The highest BCUT2D eigenvalue weighted by Gasteiger charge is 2.09. The average molecular weight is 253 g/mol. The molecule has 3 rings (SSSR count). The fourth-order valence-corrected chi connectivity index (χ4v) is 2.19. The number of nitrogens with zero attached hydrogens (tertiary/aromatic N) is 3. The molecule has 0 atom stereocenters. The molecule has 3 aromatic rings. The summed E-state index contributed by atoms with van der Waals surface area (Å²) in [5.41, 5.74) is 3.03. The summed E-state index contributed by atoms with van der Waals surface area (Å²) in [5, 5.41) is 0. The summed E-state index contributed by atoms with van der Waals surface area (Å²) in [6.45, 7) is 0. The number of hydrogen-bond acceptors (Lipinski definition) is 3. The summed E-state index contributed by atoms with van der Waals surface area (Å²) in [6, 6.07) is 11.9. The minimum atomic E-state index is 0.768. The lowest BCUT2D eigenvalue weighted by molar-refractivity contribution is 0.414. The Hall–Kier alpha value is -2.36. The van der Waals surface area contributed by atoms with E-state index in [2.05, 4.69) is 16.0 Å². The number of aromatic nitrogens is 3. The predicted molar refractivity (Wildman–Crippen MR) is 74.3 cm³/mol. The van der Waals surface area contributed by atoms with Crippen molar-refractivity contribution >= 4 is 11.2 Å². The van der Waals surface area contributed by atoms with Crippen molar-refractivity contribution in [3.63, 3.8) is 0 Å². The maximum Gasteiger partial charge on any atom is 0.159 e. The number of pyridine rings is 1. The summed E-state index contributed by atoms with van der Waals surface area (Å²) < 4.78 is 7.28. The van der Waals surface area contributed by atoms with Crippen molar-refractivity contribution in [3.05, 3.63) is 54.0 Å². The molecule has 0 aliphatic carbocycles. The third-order valence-corrected chi connectivity index (χ3v) is 3.22. The van der Waals surface area contributed by atoms with Crippen molar-refractivity contribution in [1.82, 2.24) is 14.5 Å². The molecule has 0 radical (unpaired) electrons. The van der Waals surface area contributed by atoms with Gasteiger partial charge in [0.2, 0.25) is 0 Å². The number of hydrogen-bond donors (Lipinski definition) is 0. The van der Waals surface area contributed by atoms with Crippen LogP contribution < -0.4 is 4.74 Å². The van der Waals surface area contributed by atoms with E-state index in [0.717, 1.165) is 29.2 Å². The van der Waals surface area contributed by atoms with Gasteiger partial charge in [0.15, 0.2) is 5.65 Å². The zero-order valence-electron chi connectivity index (χ0n) is 11.0. The highest BCUT2D eigenvalue weighted by molar-refractivity contribution is 5.71. The Morgan fingerprint density at radius 2 is 2.11 bits per heavy atom. The second-order valence-electron chi connectivity index (χ2n) is 4.46. The summed E-state index contributed by atoms with van der Waals surface area (Å²) >= 11 is 0. The van der Waals surface area contributed by atoms with Crippen LogP contribution in [-0.4, -0.2) is 21.6 Å². The van der Waals surface area contributed by atoms with Crippen LogP contribution in [0.3, 0.4) is 0 Å². The van der Waals surface area contributed by atoms with Crippen LogP contribution in [0, 0.1) is 0 Å². The van der Waals surface area contributed by atoms with Crippen LogP contribution in [0.2, 0.25) is 0 Å². The van der Waals surface area contributed by atoms with Crippen molar-refractivity contribution in [2.45, 2.75) is 6.42 Å². The molecule has 0 spiro atoms. The number of imidazole rings is 1. The van der Waals surface area contributed by atoms with Crippen LogP contribution in [0.1, 0.15) is 11.4 Å². The number of aryl methyl sites for hydroxylation is 1. The van der Waals surface area contributed by atoms with Gasteiger partial charge in [-0.25, -0.2) is 9.97 Å². The predicted octanol–water partition coefficient (Wildman–Crippen LogP) is 2.57. The molecule has 0 aliphatic heterocycles. The molecule has 0 N–H and O–H groups in total. The standard InChI is InChI=1S/C15H15N3O/c1-18-14(17-13-7-4-8-16-15(13)18)10-11-5-3-6-12(9-11)19-2/h3-9H,10H2,1-2H3. The van der Waals surface area contributed by atoms with E-state index in [1.165, 1.54) is 5.56 Å². The highest BCUT2D eigenvalue weighted by atomic mass is 16.5. The smallest absolute Gasteiger partial charge is 0.159 e. The first-order valence-electron chi connectivity index (χ1n) is 6.17. The van der Waals surface area contributed by atoms with Crippen molar-refractivity contribution in [2.75, 3.05) is 7.11 Å². The van der Waals surface area contributed by atoms with Crippen molar-refractivity contribution < 1.29 is 4.74 Å². The molecule has 2 aromatic heterocycles. The Morgan fingerprint density at radius 3 is 2.89 bits per heavy atom. The van der Waals surface area contributed by atoms with Gasteiger partial charge < -0.3 is 9.30 Å². The van der Waals surface area contributed by atoms with Crippen LogP contribution in [0.5, 0.6) is 5.75 Å². The SMILES string of the molecule is COc1cccc(Cc2nc3cccnc3n2C)c1. The topological polar surface area (TPSA) is 39.9 Å². The van der Waals surface area contributed by atoms with Gasteiger partial charge in [-0.1, -0.05) is 12.1 Å². The van der Waals surface area contributed by atoms with Gasteiger partial charge in [0.1, 0.15) is 17.1 Å². The summed E-state index contributed by atoms with van der Waals surface area (Å²) in [4.78, 5) is 8.98. The summed E-state index contributed by atoms with van der Waals surface area (Å²) in [6.07, 6.45) is 2.56. The molecule has 19 heavy (non-hydrogen) atoms. The normalized spacial score (nSPS) is 10.8. The minimum absolute atomic E-state index is 0.768. The molecule has 4 heteroatoms. The maximum absolute atomic E-state index is 5.24. The second-order valence-corrected chi connectivity index (χ2v) is 4.46. The second kappa shape index (κ2) is 4.72. The van der Waals surface area contributed by atoms with Crippen LogP contribution in [0.15, 0.2) is 42.6 Å². The monoisotopic (exact) mass is 253 g/mol. The van der Waals surface area contributed by atoms with Crippen LogP contribution in [0.4, 0.5) is 0 Å². The average Bonchev–Trinajstić information content (AvgIpc) is 2.76. The first kappa shape index (κ1) is 11.7. The molecule has 4 nitrogen and oxygen atoms in total. The molecular weight excluding hydrogens is 238 g/mol. The summed E-state index contributed by atoms with van der Waals surface area (Å²) in [7, 11) is 3.68. The molecule has 0 fully saturated rings. The van der Waals surface area contributed by atoms with Gasteiger partial charge in [-0.05, 0) is 29.8 Å². The van der Waals surface area contributed by atoms with E-state index in [1.807, 2.05) is 41.9 Å². The third kappa shape index (κ3) is 2.17. The van der Waals surface area contributed by atoms with Gasteiger partial charge in [0.05, 0.1) is 7.11 Å². The third-order valence-electron chi connectivity index (χ3n) is 3.22. The van der Waals surface area contributed by atoms with Crippen molar-refractivity contribution in [3.8, 4) is 5.75 Å². The number of fused-ring (bicyclic) bond motifs is 1. The van der Waals surface area contributed by atoms with E-state index in [9.17, 15) is 0 Å². The van der Waals surface area contributed by atoms with Crippen LogP contribution >= 0.6 is 0 Å². The molecule has 1 aromatic carbocycles. The molecular formula is C15H15N3O. The van der Waals surface area contributed by atoms with E-state index in [1.54, 1.807) is 13.3 Å². The quantitative estimate of drug-likeness (QED) is 0.720. The van der Waals surface area contributed by atoms with Gasteiger partial charge >= 0.3 is 0 Å². The largest absolute Gasteiger partial charge is 0.497 e. The van der Waals surface area contributed by atoms with E-state index in [0.29, 0.717) is 0 Å². The number of rotatable bonds is 3. The van der Waals surface area contributed by atoms with Gasteiger partial charge in [-0.15, -0.1) is 0 Å². The number of methoxy groups -OCH3 is 1.